The number of nitrogens with zero attached hydrogens (tertiary/aromatic N) is 2. The fourth-order valence-corrected chi connectivity index (χ4v) is 3.23. The zero-order valence-corrected chi connectivity index (χ0v) is 12.9. The second-order valence-electron chi connectivity index (χ2n) is 4.61. The summed E-state index contributed by atoms with van der Waals surface area (Å²) in [5, 5.41) is 1.07. The van der Waals surface area contributed by atoms with Gasteiger partial charge in [-0.25, -0.2) is 9.97 Å². The molecule has 21 heavy (non-hydrogen) atoms. The van der Waals surface area contributed by atoms with Gasteiger partial charge in [0.2, 0.25) is 0 Å². The van der Waals surface area contributed by atoms with Crippen molar-refractivity contribution >= 4 is 27.6 Å². The molecule has 3 rings (SSSR count). The van der Waals surface area contributed by atoms with Crippen LogP contribution in [0, 0.1) is 6.92 Å². The van der Waals surface area contributed by atoms with Gasteiger partial charge in [0.15, 0.2) is 0 Å². The molecule has 106 valence electrons. The number of aromatic nitrogens is 2. The zero-order valence-electron chi connectivity index (χ0n) is 12.0. The first-order valence-electron chi connectivity index (χ1n) is 6.89. The molecule has 2 aromatic heterocycles. The molecule has 0 unspecified atom stereocenters. The lowest BCUT2D eigenvalue weighted by Crippen LogP contribution is -1.90. The third-order valence-electron chi connectivity index (χ3n) is 3.08. The number of aryl methyl sites for hydroxylation is 1. The van der Waals surface area contributed by atoms with Crippen molar-refractivity contribution in [1.82, 2.24) is 9.97 Å². The summed E-state index contributed by atoms with van der Waals surface area (Å²) in [7, 11) is 0. The third kappa shape index (κ3) is 2.95. The van der Waals surface area contributed by atoms with E-state index in [-0.39, 0.29) is 0 Å². The molecule has 0 aliphatic rings. The minimum atomic E-state index is 0.655. The maximum absolute atomic E-state index is 5.28. The number of rotatable bonds is 4. The van der Waals surface area contributed by atoms with Crippen LogP contribution in [0.1, 0.15) is 18.4 Å². The van der Waals surface area contributed by atoms with Crippen molar-refractivity contribution in [3.05, 3.63) is 54.2 Å². The van der Waals surface area contributed by atoms with Crippen LogP contribution < -0.4 is 0 Å². The number of thiophene rings is 1. The zero-order chi connectivity index (χ0) is 14.7. The largest absolute Gasteiger partial charge is 0.501 e. The molecule has 1 aromatic carbocycles. The Morgan fingerprint density at radius 2 is 2.00 bits per heavy atom. The Bertz CT molecular complexity index is 778. The quantitative estimate of drug-likeness (QED) is 0.656. The fourth-order valence-electron chi connectivity index (χ4n) is 2.13. The second-order valence-corrected chi connectivity index (χ2v) is 5.64. The molecule has 0 amide bonds. The van der Waals surface area contributed by atoms with Gasteiger partial charge in [0, 0.05) is 10.3 Å². The van der Waals surface area contributed by atoms with Crippen LogP contribution in [0.4, 0.5) is 0 Å². The van der Waals surface area contributed by atoms with Gasteiger partial charge in [-0.2, -0.15) is 0 Å². The van der Waals surface area contributed by atoms with Gasteiger partial charge in [-0.1, -0.05) is 30.3 Å². The van der Waals surface area contributed by atoms with E-state index in [1.165, 1.54) is 10.4 Å². The lowest BCUT2D eigenvalue weighted by Gasteiger charge is -1.98. The summed E-state index contributed by atoms with van der Waals surface area (Å²) >= 11 is 1.69. The van der Waals surface area contributed by atoms with Crippen LogP contribution in [0.2, 0.25) is 0 Å². The number of ether oxygens (including phenoxy) is 1. The molecule has 0 spiro atoms. The minimum Gasteiger partial charge on any atom is -0.501 e. The molecule has 0 aliphatic heterocycles. The first kappa shape index (κ1) is 13.8. The van der Waals surface area contributed by atoms with Crippen LogP contribution >= 0.6 is 11.3 Å². The van der Waals surface area contributed by atoms with Crippen LogP contribution in [-0.2, 0) is 4.74 Å². The standard InChI is InChI=1S/C17H16N2OS/c1-3-20-10-9-15-14-11-16(13-7-5-4-6-8-13)21-17(14)19-12(2)18-15/h4-11H,3H2,1-2H3. The van der Waals surface area contributed by atoms with Crippen LogP contribution in [0.25, 0.3) is 26.7 Å². The molecule has 0 saturated carbocycles. The van der Waals surface area contributed by atoms with Gasteiger partial charge >= 0.3 is 0 Å². The van der Waals surface area contributed by atoms with Crippen molar-refractivity contribution < 1.29 is 4.74 Å². The molecule has 0 radical (unpaired) electrons. The van der Waals surface area contributed by atoms with Gasteiger partial charge in [-0.15, -0.1) is 11.3 Å². The summed E-state index contributed by atoms with van der Waals surface area (Å²) in [6.45, 7) is 4.53. The average Bonchev–Trinajstić information content (AvgIpc) is 2.92. The molecule has 0 saturated heterocycles. The van der Waals surface area contributed by atoms with Crippen molar-refractivity contribution in [2.75, 3.05) is 6.61 Å². The Labute approximate surface area is 127 Å². The van der Waals surface area contributed by atoms with Gasteiger partial charge in [-0.05, 0) is 31.6 Å². The smallest absolute Gasteiger partial charge is 0.128 e. The maximum Gasteiger partial charge on any atom is 0.128 e. The number of benzene rings is 1. The molecule has 0 fully saturated rings. The Kier molecular flexibility index (Phi) is 3.97. The van der Waals surface area contributed by atoms with E-state index in [0.29, 0.717) is 6.61 Å². The maximum atomic E-state index is 5.28. The second kappa shape index (κ2) is 6.06. The van der Waals surface area contributed by atoms with E-state index in [9.17, 15) is 0 Å². The lowest BCUT2D eigenvalue weighted by atomic mass is 10.1. The topological polar surface area (TPSA) is 35.0 Å². The van der Waals surface area contributed by atoms with E-state index >= 15 is 0 Å². The Balaban J connectivity index is 2.10. The SMILES string of the molecule is CCOC=Cc1nc(C)nc2sc(-c3ccccc3)cc12. The summed E-state index contributed by atoms with van der Waals surface area (Å²) < 4.78 is 5.28. The molecule has 4 heteroatoms. The first-order chi connectivity index (χ1) is 10.3. The third-order valence-corrected chi connectivity index (χ3v) is 4.16. The molecule has 3 aromatic rings. The predicted octanol–water partition coefficient (Wildman–Crippen LogP) is 4.67. The van der Waals surface area contributed by atoms with Crippen molar-refractivity contribution in [3.63, 3.8) is 0 Å². The Hall–Kier alpha value is -2.20. The summed E-state index contributed by atoms with van der Waals surface area (Å²) in [5.74, 6) is 0.778. The molecule has 0 aliphatic carbocycles. The molecular weight excluding hydrogens is 280 g/mol. The molecule has 0 atom stereocenters. The van der Waals surface area contributed by atoms with Crippen molar-refractivity contribution in [2.45, 2.75) is 13.8 Å². The van der Waals surface area contributed by atoms with Gasteiger partial charge < -0.3 is 4.74 Å². The molecular formula is C17H16N2OS. The highest BCUT2D eigenvalue weighted by atomic mass is 32.1. The predicted molar refractivity (Wildman–Crippen MR) is 88.2 cm³/mol. The Morgan fingerprint density at radius 3 is 2.76 bits per heavy atom. The highest BCUT2D eigenvalue weighted by molar-refractivity contribution is 7.21. The summed E-state index contributed by atoms with van der Waals surface area (Å²) in [5.41, 5.74) is 2.11. The lowest BCUT2D eigenvalue weighted by molar-refractivity contribution is 0.272. The van der Waals surface area contributed by atoms with Crippen molar-refractivity contribution in [2.24, 2.45) is 0 Å². The van der Waals surface area contributed by atoms with Crippen LogP contribution in [-0.4, -0.2) is 16.6 Å². The van der Waals surface area contributed by atoms with E-state index in [0.717, 1.165) is 21.7 Å². The summed E-state index contributed by atoms with van der Waals surface area (Å²) in [6.07, 6.45) is 3.60. The summed E-state index contributed by atoms with van der Waals surface area (Å²) in [4.78, 5) is 11.3. The van der Waals surface area contributed by atoms with Crippen molar-refractivity contribution in [3.8, 4) is 10.4 Å². The highest BCUT2D eigenvalue weighted by Crippen LogP contribution is 2.33. The van der Waals surface area contributed by atoms with Gasteiger partial charge in [-0.3, -0.25) is 0 Å². The van der Waals surface area contributed by atoms with Gasteiger partial charge in [0.25, 0.3) is 0 Å². The van der Waals surface area contributed by atoms with Gasteiger partial charge in [0.05, 0.1) is 18.6 Å². The monoisotopic (exact) mass is 296 g/mol. The van der Waals surface area contributed by atoms with E-state index in [1.807, 2.05) is 38.1 Å². The fraction of sp³-hybridized carbons (Fsp3) is 0.176. The van der Waals surface area contributed by atoms with Crippen LogP contribution in [0.15, 0.2) is 42.7 Å². The van der Waals surface area contributed by atoms with E-state index in [2.05, 4.69) is 28.2 Å². The number of fused-ring (bicyclic) bond motifs is 1. The molecule has 0 bridgehead atoms. The van der Waals surface area contributed by atoms with E-state index in [4.69, 9.17) is 4.74 Å². The van der Waals surface area contributed by atoms with Crippen LogP contribution in [0.3, 0.4) is 0 Å². The number of hydrogen-bond donors (Lipinski definition) is 0. The Morgan fingerprint density at radius 1 is 1.19 bits per heavy atom. The van der Waals surface area contributed by atoms with E-state index in [1.54, 1.807) is 17.6 Å². The van der Waals surface area contributed by atoms with Crippen molar-refractivity contribution in [1.29, 1.82) is 0 Å². The van der Waals surface area contributed by atoms with E-state index < -0.39 is 0 Å². The number of hydrogen-bond acceptors (Lipinski definition) is 4. The summed E-state index contributed by atoms with van der Waals surface area (Å²) in [6, 6.07) is 12.5. The van der Waals surface area contributed by atoms with Gasteiger partial charge in [0.1, 0.15) is 10.7 Å². The average molecular weight is 296 g/mol. The molecule has 2 heterocycles. The molecule has 0 N–H and O–H groups in total. The van der Waals surface area contributed by atoms with Crippen LogP contribution in [0.5, 0.6) is 0 Å². The normalized spacial score (nSPS) is 11.3. The minimum absolute atomic E-state index is 0.655. The molecule has 3 nitrogen and oxygen atoms in total. The first-order valence-corrected chi connectivity index (χ1v) is 7.71. The highest BCUT2D eigenvalue weighted by Gasteiger charge is 2.10.